The molecule has 1 amide bonds. The predicted octanol–water partition coefficient (Wildman–Crippen LogP) is 1.39. The standard InChI is InChI=1S/C12H14N2O3S/c1-7(8-5-13-6-8)11(15)14-9-3-4-18-10(9)12(16)17-2/h3-4,13H,5-6H2,1-2H3,(H,14,15). The SMILES string of the molecule is COC(=O)c1sccc1NC(=O)C(C)=C1CNC1. The lowest BCUT2D eigenvalue weighted by Gasteiger charge is -2.21. The number of esters is 1. The first-order valence-corrected chi connectivity index (χ1v) is 6.38. The molecule has 5 nitrogen and oxygen atoms in total. The second kappa shape index (κ2) is 5.32. The van der Waals surface area contributed by atoms with Gasteiger partial charge < -0.3 is 15.4 Å². The second-order valence-electron chi connectivity index (χ2n) is 3.94. The Labute approximate surface area is 109 Å². The van der Waals surface area contributed by atoms with Crippen LogP contribution in [0, 0.1) is 0 Å². The minimum absolute atomic E-state index is 0.171. The molecule has 0 bridgehead atoms. The molecule has 1 saturated heterocycles. The maximum atomic E-state index is 12.0. The van der Waals surface area contributed by atoms with E-state index in [1.54, 1.807) is 18.4 Å². The van der Waals surface area contributed by atoms with Crippen LogP contribution in [0.25, 0.3) is 0 Å². The topological polar surface area (TPSA) is 67.4 Å². The highest BCUT2D eigenvalue weighted by Gasteiger charge is 2.19. The largest absolute Gasteiger partial charge is 0.465 e. The Morgan fingerprint density at radius 2 is 2.17 bits per heavy atom. The van der Waals surface area contributed by atoms with Crippen molar-refractivity contribution in [1.82, 2.24) is 5.32 Å². The van der Waals surface area contributed by atoms with Crippen LogP contribution in [0.15, 0.2) is 22.6 Å². The van der Waals surface area contributed by atoms with Crippen LogP contribution in [0.4, 0.5) is 5.69 Å². The number of thiophene rings is 1. The van der Waals surface area contributed by atoms with Crippen molar-refractivity contribution in [2.24, 2.45) is 0 Å². The van der Waals surface area contributed by atoms with Crippen LogP contribution in [0.3, 0.4) is 0 Å². The molecule has 1 aliphatic heterocycles. The molecule has 0 aliphatic carbocycles. The zero-order valence-electron chi connectivity index (χ0n) is 10.2. The summed E-state index contributed by atoms with van der Waals surface area (Å²) in [6.45, 7) is 3.30. The van der Waals surface area contributed by atoms with E-state index in [4.69, 9.17) is 0 Å². The number of methoxy groups -OCH3 is 1. The van der Waals surface area contributed by atoms with Crippen LogP contribution in [-0.2, 0) is 9.53 Å². The van der Waals surface area contributed by atoms with Crippen LogP contribution in [-0.4, -0.2) is 32.1 Å². The lowest BCUT2D eigenvalue weighted by molar-refractivity contribution is -0.112. The Bertz CT molecular complexity index is 513. The fourth-order valence-electron chi connectivity index (χ4n) is 1.55. The van der Waals surface area contributed by atoms with Gasteiger partial charge in [0.25, 0.3) is 5.91 Å². The number of hydrogen-bond donors (Lipinski definition) is 2. The second-order valence-corrected chi connectivity index (χ2v) is 4.86. The van der Waals surface area contributed by atoms with E-state index in [9.17, 15) is 9.59 Å². The van der Waals surface area contributed by atoms with E-state index in [2.05, 4.69) is 15.4 Å². The fourth-order valence-corrected chi connectivity index (χ4v) is 2.32. The van der Waals surface area contributed by atoms with Gasteiger partial charge in [-0.1, -0.05) is 0 Å². The number of anilines is 1. The maximum Gasteiger partial charge on any atom is 0.350 e. The summed E-state index contributed by atoms with van der Waals surface area (Å²) in [7, 11) is 1.32. The molecule has 18 heavy (non-hydrogen) atoms. The summed E-state index contributed by atoms with van der Waals surface area (Å²) >= 11 is 1.25. The molecule has 0 unspecified atom stereocenters. The van der Waals surface area contributed by atoms with Crippen LogP contribution in [0.1, 0.15) is 16.6 Å². The van der Waals surface area contributed by atoms with Gasteiger partial charge in [0.15, 0.2) is 0 Å². The average molecular weight is 266 g/mol. The Hall–Kier alpha value is -1.66. The van der Waals surface area contributed by atoms with Crippen molar-refractivity contribution >= 4 is 28.9 Å². The molecule has 1 fully saturated rings. The summed E-state index contributed by atoms with van der Waals surface area (Å²) in [6.07, 6.45) is 0. The third-order valence-corrected chi connectivity index (χ3v) is 3.73. The molecule has 2 rings (SSSR count). The van der Waals surface area contributed by atoms with Gasteiger partial charge in [-0.25, -0.2) is 4.79 Å². The first-order valence-electron chi connectivity index (χ1n) is 5.50. The van der Waals surface area contributed by atoms with Gasteiger partial charge in [0.05, 0.1) is 12.8 Å². The molecule has 0 aromatic carbocycles. The van der Waals surface area contributed by atoms with Crippen LogP contribution in [0.2, 0.25) is 0 Å². The number of ether oxygens (including phenoxy) is 1. The quantitative estimate of drug-likeness (QED) is 0.641. The molecule has 1 aliphatic rings. The first kappa shape index (κ1) is 12.8. The average Bonchev–Trinajstić information content (AvgIpc) is 2.73. The van der Waals surface area contributed by atoms with E-state index >= 15 is 0 Å². The Morgan fingerprint density at radius 1 is 1.44 bits per heavy atom. The van der Waals surface area contributed by atoms with Crippen molar-refractivity contribution in [2.45, 2.75) is 6.92 Å². The molecule has 0 atom stereocenters. The molecular weight excluding hydrogens is 252 g/mol. The molecule has 2 N–H and O–H groups in total. The smallest absolute Gasteiger partial charge is 0.350 e. The van der Waals surface area contributed by atoms with Gasteiger partial charge in [0.1, 0.15) is 4.88 Å². The highest BCUT2D eigenvalue weighted by Crippen LogP contribution is 2.24. The fraction of sp³-hybridized carbons (Fsp3) is 0.333. The third-order valence-electron chi connectivity index (χ3n) is 2.83. The Morgan fingerprint density at radius 3 is 2.72 bits per heavy atom. The van der Waals surface area contributed by atoms with Crippen molar-refractivity contribution in [3.63, 3.8) is 0 Å². The highest BCUT2D eigenvalue weighted by atomic mass is 32.1. The molecule has 1 aromatic rings. The van der Waals surface area contributed by atoms with E-state index in [-0.39, 0.29) is 5.91 Å². The molecule has 0 spiro atoms. The van der Waals surface area contributed by atoms with Crippen molar-refractivity contribution in [3.05, 3.63) is 27.5 Å². The number of carbonyl (C=O) groups is 2. The van der Waals surface area contributed by atoms with Crippen molar-refractivity contribution in [2.75, 3.05) is 25.5 Å². The van der Waals surface area contributed by atoms with Gasteiger partial charge in [-0.3, -0.25) is 4.79 Å². The van der Waals surface area contributed by atoms with Crippen molar-refractivity contribution in [3.8, 4) is 0 Å². The first-order chi connectivity index (χ1) is 8.63. The van der Waals surface area contributed by atoms with Gasteiger partial charge in [0, 0.05) is 18.7 Å². The third kappa shape index (κ3) is 2.44. The van der Waals surface area contributed by atoms with Crippen LogP contribution >= 0.6 is 11.3 Å². The van der Waals surface area contributed by atoms with E-state index in [1.807, 2.05) is 0 Å². The lowest BCUT2D eigenvalue weighted by Crippen LogP contribution is -2.36. The number of rotatable bonds is 3. The summed E-state index contributed by atoms with van der Waals surface area (Å²) in [5.74, 6) is -0.606. The molecule has 6 heteroatoms. The summed E-state index contributed by atoms with van der Waals surface area (Å²) in [6, 6.07) is 1.70. The molecule has 2 heterocycles. The molecular formula is C12H14N2O3S. The van der Waals surface area contributed by atoms with E-state index < -0.39 is 5.97 Å². The van der Waals surface area contributed by atoms with Gasteiger partial charge in [-0.05, 0) is 23.9 Å². The van der Waals surface area contributed by atoms with E-state index in [1.165, 1.54) is 18.4 Å². The Balaban J connectivity index is 2.12. The van der Waals surface area contributed by atoms with Crippen molar-refractivity contribution < 1.29 is 14.3 Å². The normalized spacial score (nSPS) is 13.8. The lowest BCUT2D eigenvalue weighted by atomic mass is 10.0. The Kier molecular flexibility index (Phi) is 3.78. The maximum absolute atomic E-state index is 12.0. The van der Waals surface area contributed by atoms with E-state index in [0.717, 1.165) is 18.7 Å². The molecule has 1 aromatic heterocycles. The van der Waals surface area contributed by atoms with Gasteiger partial charge in [0.2, 0.25) is 0 Å². The minimum Gasteiger partial charge on any atom is -0.465 e. The van der Waals surface area contributed by atoms with Gasteiger partial charge in [-0.15, -0.1) is 11.3 Å². The van der Waals surface area contributed by atoms with Gasteiger partial charge in [-0.2, -0.15) is 0 Å². The number of nitrogens with one attached hydrogen (secondary N) is 2. The minimum atomic E-state index is -0.434. The molecule has 0 radical (unpaired) electrons. The summed E-state index contributed by atoms with van der Waals surface area (Å²) in [5.41, 5.74) is 2.31. The molecule has 96 valence electrons. The zero-order chi connectivity index (χ0) is 13.1. The number of amides is 1. The van der Waals surface area contributed by atoms with Gasteiger partial charge >= 0.3 is 5.97 Å². The monoisotopic (exact) mass is 266 g/mol. The van der Waals surface area contributed by atoms with Crippen LogP contribution < -0.4 is 10.6 Å². The van der Waals surface area contributed by atoms with Crippen LogP contribution in [0.5, 0.6) is 0 Å². The number of carbonyl (C=O) groups excluding carboxylic acids is 2. The number of hydrogen-bond acceptors (Lipinski definition) is 5. The zero-order valence-corrected chi connectivity index (χ0v) is 11.0. The summed E-state index contributed by atoms with van der Waals surface area (Å²) in [5, 5.41) is 7.57. The highest BCUT2D eigenvalue weighted by molar-refractivity contribution is 7.12. The summed E-state index contributed by atoms with van der Waals surface area (Å²) in [4.78, 5) is 23.8. The predicted molar refractivity (Wildman–Crippen MR) is 69.9 cm³/mol. The van der Waals surface area contributed by atoms with Crippen molar-refractivity contribution in [1.29, 1.82) is 0 Å². The van der Waals surface area contributed by atoms with E-state index in [0.29, 0.717) is 16.1 Å². The summed E-state index contributed by atoms with van der Waals surface area (Å²) < 4.78 is 4.66. The molecule has 0 saturated carbocycles.